The number of esters is 1. The fourth-order valence-electron chi connectivity index (χ4n) is 1.85. The number of methoxy groups -OCH3 is 1. The summed E-state index contributed by atoms with van der Waals surface area (Å²) in [6.45, 7) is 4.97. The molecule has 0 saturated carbocycles. The Hall–Kier alpha value is -2.71. The van der Waals surface area contributed by atoms with Gasteiger partial charge in [-0.15, -0.1) is 0 Å². The Labute approximate surface area is 138 Å². The summed E-state index contributed by atoms with van der Waals surface area (Å²) in [7, 11) is 1.14. The van der Waals surface area contributed by atoms with Crippen molar-refractivity contribution in [2.45, 2.75) is 38.8 Å². The lowest BCUT2D eigenvalue weighted by molar-refractivity contribution is -0.387. The topological polar surface area (TPSA) is 108 Å². The molecule has 0 bridgehead atoms. The number of nitrogens with zero attached hydrogens (tertiary/aromatic N) is 1. The summed E-state index contributed by atoms with van der Waals surface area (Å²) in [5.41, 5.74) is -1.15. The molecule has 0 heterocycles. The highest BCUT2D eigenvalue weighted by atomic mass is 19.1. The molecule has 0 fully saturated rings. The van der Waals surface area contributed by atoms with E-state index < -0.39 is 40.1 Å². The summed E-state index contributed by atoms with van der Waals surface area (Å²) in [6, 6.07) is 2.11. The van der Waals surface area contributed by atoms with Gasteiger partial charge in [0.15, 0.2) is 0 Å². The first-order valence-corrected chi connectivity index (χ1v) is 7.03. The highest BCUT2D eigenvalue weighted by Crippen LogP contribution is 2.19. The molecule has 1 atom stereocenters. The summed E-state index contributed by atoms with van der Waals surface area (Å²) in [6.07, 6.45) is -0.943. The third kappa shape index (κ3) is 5.82. The second-order valence-electron chi connectivity index (χ2n) is 5.97. The van der Waals surface area contributed by atoms with E-state index in [9.17, 15) is 24.1 Å². The Balaban J connectivity index is 2.91. The van der Waals surface area contributed by atoms with Gasteiger partial charge in [0.2, 0.25) is 5.82 Å². The van der Waals surface area contributed by atoms with Crippen LogP contribution in [0.3, 0.4) is 0 Å². The smallest absolute Gasteiger partial charge is 0.408 e. The number of ether oxygens (including phenoxy) is 2. The van der Waals surface area contributed by atoms with Crippen molar-refractivity contribution < 1.29 is 28.4 Å². The van der Waals surface area contributed by atoms with Crippen LogP contribution in [0.2, 0.25) is 0 Å². The van der Waals surface area contributed by atoms with Gasteiger partial charge in [-0.25, -0.2) is 9.59 Å². The van der Waals surface area contributed by atoms with Gasteiger partial charge in [-0.3, -0.25) is 10.1 Å². The number of carbonyl (C=O) groups excluding carboxylic acids is 2. The van der Waals surface area contributed by atoms with Crippen molar-refractivity contribution in [2.75, 3.05) is 7.11 Å². The van der Waals surface area contributed by atoms with Crippen molar-refractivity contribution in [1.29, 1.82) is 0 Å². The van der Waals surface area contributed by atoms with E-state index in [4.69, 9.17) is 4.74 Å². The molecule has 1 unspecified atom stereocenters. The number of nitro groups is 1. The van der Waals surface area contributed by atoms with Crippen molar-refractivity contribution in [3.05, 3.63) is 39.7 Å². The van der Waals surface area contributed by atoms with Crippen LogP contribution in [0.1, 0.15) is 26.3 Å². The fourth-order valence-corrected chi connectivity index (χ4v) is 1.85. The molecule has 1 rings (SSSR count). The molecule has 0 aliphatic heterocycles. The molecule has 1 N–H and O–H groups in total. The molecule has 0 aromatic heterocycles. The van der Waals surface area contributed by atoms with Crippen molar-refractivity contribution in [3.8, 4) is 0 Å². The van der Waals surface area contributed by atoms with Crippen LogP contribution < -0.4 is 5.32 Å². The average molecular weight is 342 g/mol. The molecule has 8 nitrogen and oxygen atoms in total. The van der Waals surface area contributed by atoms with E-state index in [-0.39, 0.29) is 12.0 Å². The SMILES string of the molecule is COC(=O)C(Cc1ccc([N+](=O)[O-])c(F)c1)NC(=O)OC(C)(C)C. The number of alkyl carbamates (subject to hydrolysis) is 1. The zero-order chi connectivity index (χ0) is 18.5. The molecule has 1 amide bonds. The maximum atomic E-state index is 13.6. The third-order valence-corrected chi connectivity index (χ3v) is 2.83. The summed E-state index contributed by atoms with van der Waals surface area (Å²) < 4.78 is 23.3. The number of amides is 1. The van der Waals surface area contributed by atoms with Crippen LogP contribution in [0.4, 0.5) is 14.9 Å². The number of rotatable bonds is 5. The Morgan fingerprint density at radius 2 is 2.00 bits per heavy atom. The van der Waals surface area contributed by atoms with E-state index >= 15 is 0 Å². The Morgan fingerprint density at radius 1 is 1.38 bits per heavy atom. The highest BCUT2D eigenvalue weighted by Gasteiger charge is 2.26. The minimum atomic E-state index is -1.12. The first-order valence-electron chi connectivity index (χ1n) is 7.03. The normalized spacial score (nSPS) is 12.2. The van der Waals surface area contributed by atoms with Crippen LogP contribution in [0.5, 0.6) is 0 Å². The van der Waals surface area contributed by atoms with Gasteiger partial charge in [-0.05, 0) is 32.4 Å². The summed E-state index contributed by atoms with van der Waals surface area (Å²) in [5, 5.41) is 12.9. The number of benzene rings is 1. The maximum Gasteiger partial charge on any atom is 0.408 e. The number of hydrogen-bond acceptors (Lipinski definition) is 6. The minimum Gasteiger partial charge on any atom is -0.467 e. The van der Waals surface area contributed by atoms with Crippen LogP contribution >= 0.6 is 0 Å². The van der Waals surface area contributed by atoms with Crippen LogP contribution in [-0.2, 0) is 20.7 Å². The summed E-state index contributed by atoms with van der Waals surface area (Å²) >= 11 is 0. The lowest BCUT2D eigenvalue weighted by Gasteiger charge is -2.22. The molecule has 1 aromatic rings. The summed E-state index contributed by atoms with van der Waals surface area (Å²) in [4.78, 5) is 33.3. The van der Waals surface area contributed by atoms with Crippen molar-refractivity contribution in [3.63, 3.8) is 0 Å². The number of hydrogen-bond donors (Lipinski definition) is 1. The van der Waals surface area contributed by atoms with Gasteiger partial charge >= 0.3 is 17.7 Å². The second-order valence-corrected chi connectivity index (χ2v) is 5.97. The molecule has 0 aliphatic carbocycles. The lowest BCUT2D eigenvalue weighted by Crippen LogP contribution is -2.45. The summed E-state index contributed by atoms with van der Waals surface area (Å²) in [5.74, 6) is -1.78. The van der Waals surface area contributed by atoms with Crippen molar-refractivity contribution in [2.24, 2.45) is 0 Å². The standard InChI is InChI=1S/C15H19FN2O6/c1-15(2,3)24-14(20)17-11(13(19)23-4)8-9-5-6-12(18(21)22)10(16)7-9/h5-7,11H,8H2,1-4H3,(H,17,20). The predicted octanol–water partition coefficient (Wildman–Crippen LogP) is 2.34. The number of halogens is 1. The van der Waals surface area contributed by atoms with E-state index in [1.807, 2.05) is 0 Å². The number of nitrogens with one attached hydrogen (secondary N) is 1. The molecule has 0 saturated heterocycles. The molecule has 0 aliphatic rings. The monoisotopic (exact) mass is 342 g/mol. The third-order valence-electron chi connectivity index (χ3n) is 2.83. The van der Waals surface area contributed by atoms with Gasteiger partial charge in [0.25, 0.3) is 0 Å². The average Bonchev–Trinajstić information content (AvgIpc) is 2.43. The van der Waals surface area contributed by atoms with E-state index in [2.05, 4.69) is 10.1 Å². The van der Waals surface area contributed by atoms with Crippen molar-refractivity contribution in [1.82, 2.24) is 5.32 Å². The zero-order valence-electron chi connectivity index (χ0n) is 13.8. The van der Waals surface area contributed by atoms with E-state index in [1.165, 1.54) is 6.07 Å². The fraction of sp³-hybridized carbons (Fsp3) is 0.467. The van der Waals surface area contributed by atoms with Crippen LogP contribution in [0, 0.1) is 15.9 Å². The molecule has 132 valence electrons. The van der Waals surface area contributed by atoms with Crippen molar-refractivity contribution >= 4 is 17.7 Å². The number of nitro benzene ring substituents is 1. The minimum absolute atomic E-state index is 0.110. The molecule has 0 spiro atoms. The quantitative estimate of drug-likeness (QED) is 0.500. The van der Waals surface area contributed by atoms with Gasteiger partial charge in [0.05, 0.1) is 12.0 Å². The molecular formula is C15H19FN2O6. The first-order chi connectivity index (χ1) is 11.0. The van der Waals surface area contributed by atoms with Gasteiger partial charge in [-0.1, -0.05) is 6.07 Å². The molecule has 0 radical (unpaired) electrons. The molecular weight excluding hydrogens is 323 g/mol. The Morgan fingerprint density at radius 3 is 2.46 bits per heavy atom. The van der Waals surface area contributed by atoms with Crippen LogP contribution in [0.25, 0.3) is 0 Å². The van der Waals surface area contributed by atoms with Crippen LogP contribution in [0.15, 0.2) is 18.2 Å². The van der Waals surface area contributed by atoms with E-state index in [0.717, 1.165) is 19.2 Å². The van der Waals surface area contributed by atoms with Gasteiger partial charge in [0, 0.05) is 12.5 Å². The molecule has 1 aromatic carbocycles. The van der Waals surface area contributed by atoms with Crippen LogP contribution in [-0.4, -0.2) is 35.7 Å². The van der Waals surface area contributed by atoms with E-state index in [1.54, 1.807) is 20.8 Å². The number of carbonyl (C=O) groups is 2. The van der Waals surface area contributed by atoms with Gasteiger partial charge in [-0.2, -0.15) is 4.39 Å². The highest BCUT2D eigenvalue weighted by molar-refractivity contribution is 5.81. The van der Waals surface area contributed by atoms with Gasteiger partial charge < -0.3 is 14.8 Å². The van der Waals surface area contributed by atoms with Gasteiger partial charge in [0.1, 0.15) is 11.6 Å². The second kappa shape index (κ2) is 7.71. The lowest BCUT2D eigenvalue weighted by atomic mass is 10.1. The largest absolute Gasteiger partial charge is 0.467 e. The Kier molecular flexibility index (Phi) is 6.21. The molecule has 24 heavy (non-hydrogen) atoms. The predicted molar refractivity (Wildman–Crippen MR) is 81.9 cm³/mol. The first kappa shape index (κ1) is 19.3. The maximum absolute atomic E-state index is 13.6. The Bertz CT molecular complexity index is 641. The van der Waals surface area contributed by atoms with E-state index in [0.29, 0.717) is 0 Å². The molecule has 9 heteroatoms. The zero-order valence-corrected chi connectivity index (χ0v) is 13.8.